The van der Waals surface area contributed by atoms with E-state index in [1.165, 1.54) is 5.56 Å². The number of amides is 1. The van der Waals surface area contributed by atoms with Crippen molar-refractivity contribution in [1.82, 2.24) is 5.32 Å². The van der Waals surface area contributed by atoms with Crippen molar-refractivity contribution in [1.29, 1.82) is 0 Å². The van der Waals surface area contributed by atoms with E-state index in [9.17, 15) is 4.79 Å². The number of hydrogen-bond acceptors (Lipinski definition) is 2. The van der Waals surface area contributed by atoms with Gasteiger partial charge in [-0.25, -0.2) is 0 Å². The third-order valence-electron chi connectivity index (χ3n) is 3.87. The van der Waals surface area contributed by atoms with Gasteiger partial charge in [0.15, 0.2) is 0 Å². The second-order valence-electron chi connectivity index (χ2n) is 5.72. The number of ether oxygens (including phenoxy) is 1. The Labute approximate surface area is 149 Å². The highest BCUT2D eigenvalue weighted by Crippen LogP contribution is 2.18. The van der Waals surface area contributed by atoms with Crippen LogP contribution in [0.5, 0.6) is 5.75 Å². The summed E-state index contributed by atoms with van der Waals surface area (Å²) < 4.78 is 5.68. The van der Waals surface area contributed by atoms with E-state index in [1.807, 2.05) is 62.4 Å². The van der Waals surface area contributed by atoms with Crippen molar-refractivity contribution in [3.63, 3.8) is 0 Å². The molecule has 0 heterocycles. The summed E-state index contributed by atoms with van der Waals surface area (Å²) in [6, 6.07) is 13.5. The molecule has 25 heavy (non-hydrogen) atoms. The minimum Gasteiger partial charge on any atom is -0.481 e. The average Bonchev–Trinajstić information content (AvgIpc) is 2.61. The zero-order chi connectivity index (χ0) is 18.1. The molecular weight excluding hydrogens is 310 g/mol. The SMILES string of the molecule is C=CCc1ccccc1OCC#CCNC(=O)c1ccc(C)c(C)c1. The van der Waals surface area contributed by atoms with Crippen molar-refractivity contribution in [2.24, 2.45) is 0 Å². The fraction of sp³-hybridized carbons (Fsp3) is 0.227. The molecule has 0 aliphatic heterocycles. The van der Waals surface area contributed by atoms with Gasteiger partial charge < -0.3 is 10.1 Å². The van der Waals surface area contributed by atoms with Gasteiger partial charge in [0, 0.05) is 5.56 Å². The van der Waals surface area contributed by atoms with E-state index < -0.39 is 0 Å². The maximum Gasteiger partial charge on any atom is 0.252 e. The Hall–Kier alpha value is -2.99. The van der Waals surface area contributed by atoms with Crippen molar-refractivity contribution in [2.45, 2.75) is 20.3 Å². The third kappa shape index (κ3) is 5.54. The maximum absolute atomic E-state index is 12.1. The number of carbonyl (C=O) groups excluding carboxylic acids is 1. The standard InChI is InChI=1S/C22H23NO2/c1-4-9-19-10-5-6-11-21(19)25-15-8-7-14-23-22(24)20-13-12-17(2)18(3)16-20/h4-6,10-13,16H,1,9,14-15H2,2-3H3,(H,23,24). The van der Waals surface area contributed by atoms with Crippen LogP contribution in [0.3, 0.4) is 0 Å². The second kappa shape index (κ2) is 9.34. The number of allylic oxidation sites excluding steroid dienone is 1. The van der Waals surface area contributed by atoms with Crippen LogP contribution < -0.4 is 10.1 Å². The highest BCUT2D eigenvalue weighted by atomic mass is 16.5. The van der Waals surface area contributed by atoms with Crippen LogP contribution in [0.25, 0.3) is 0 Å². The summed E-state index contributed by atoms with van der Waals surface area (Å²) in [6.45, 7) is 8.34. The lowest BCUT2D eigenvalue weighted by Crippen LogP contribution is -2.23. The van der Waals surface area contributed by atoms with Crippen LogP contribution in [0, 0.1) is 25.7 Å². The molecule has 0 unspecified atom stereocenters. The predicted molar refractivity (Wildman–Crippen MR) is 102 cm³/mol. The predicted octanol–water partition coefficient (Wildman–Crippen LogP) is 3.84. The van der Waals surface area contributed by atoms with Gasteiger partial charge in [-0.3, -0.25) is 4.79 Å². The van der Waals surface area contributed by atoms with Crippen molar-refractivity contribution < 1.29 is 9.53 Å². The lowest BCUT2D eigenvalue weighted by molar-refractivity contribution is 0.0958. The monoisotopic (exact) mass is 333 g/mol. The quantitative estimate of drug-likeness (QED) is 0.644. The van der Waals surface area contributed by atoms with Crippen molar-refractivity contribution in [3.8, 4) is 17.6 Å². The molecule has 0 bridgehead atoms. The average molecular weight is 333 g/mol. The number of para-hydroxylation sites is 1. The van der Waals surface area contributed by atoms with Gasteiger partial charge in [0.2, 0.25) is 0 Å². The molecule has 0 atom stereocenters. The fourth-order valence-electron chi connectivity index (χ4n) is 2.31. The van der Waals surface area contributed by atoms with Crippen molar-refractivity contribution in [3.05, 3.63) is 77.4 Å². The Kier molecular flexibility index (Phi) is 6.86. The van der Waals surface area contributed by atoms with Gasteiger partial charge in [0.1, 0.15) is 12.4 Å². The zero-order valence-corrected chi connectivity index (χ0v) is 14.8. The Balaban J connectivity index is 1.80. The molecule has 0 aromatic heterocycles. The van der Waals surface area contributed by atoms with E-state index in [0.717, 1.165) is 23.3 Å². The molecule has 2 aromatic rings. The minimum absolute atomic E-state index is 0.116. The molecule has 0 spiro atoms. The van der Waals surface area contributed by atoms with Crippen LogP contribution >= 0.6 is 0 Å². The molecule has 2 rings (SSSR count). The molecular formula is C22H23NO2. The molecule has 1 N–H and O–H groups in total. The largest absolute Gasteiger partial charge is 0.481 e. The van der Waals surface area contributed by atoms with Crippen LogP contribution in [0.1, 0.15) is 27.0 Å². The van der Waals surface area contributed by atoms with Crippen LogP contribution in [0.4, 0.5) is 0 Å². The van der Waals surface area contributed by atoms with Crippen molar-refractivity contribution in [2.75, 3.05) is 13.2 Å². The van der Waals surface area contributed by atoms with Crippen LogP contribution in [0.2, 0.25) is 0 Å². The molecule has 3 nitrogen and oxygen atoms in total. The van der Waals surface area contributed by atoms with Crippen LogP contribution in [-0.4, -0.2) is 19.1 Å². The summed E-state index contributed by atoms with van der Waals surface area (Å²) >= 11 is 0. The minimum atomic E-state index is -0.116. The Morgan fingerprint density at radius 2 is 1.96 bits per heavy atom. The Morgan fingerprint density at radius 1 is 1.16 bits per heavy atom. The van der Waals surface area contributed by atoms with Crippen LogP contribution in [-0.2, 0) is 6.42 Å². The van der Waals surface area contributed by atoms with Gasteiger partial charge in [0.25, 0.3) is 5.91 Å². The molecule has 0 aliphatic rings. The highest BCUT2D eigenvalue weighted by molar-refractivity contribution is 5.94. The normalized spacial score (nSPS) is 9.68. The second-order valence-corrected chi connectivity index (χ2v) is 5.72. The first-order chi connectivity index (χ1) is 12.1. The molecule has 1 amide bonds. The van der Waals surface area contributed by atoms with Gasteiger partial charge >= 0.3 is 0 Å². The first kappa shape index (κ1) is 18.4. The molecule has 3 heteroatoms. The van der Waals surface area contributed by atoms with E-state index in [-0.39, 0.29) is 12.5 Å². The van der Waals surface area contributed by atoms with E-state index in [0.29, 0.717) is 12.1 Å². The molecule has 0 aliphatic carbocycles. The molecule has 2 aromatic carbocycles. The summed E-state index contributed by atoms with van der Waals surface area (Å²) in [5, 5.41) is 2.79. The summed E-state index contributed by atoms with van der Waals surface area (Å²) in [5.74, 6) is 6.52. The number of aryl methyl sites for hydroxylation is 2. The van der Waals surface area contributed by atoms with Gasteiger partial charge in [-0.2, -0.15) is 0 Å². The molecule has 128 valence electrons. The van der Waals surface area contributed by atoms with E-state index in [4.69, 9.17) is 4.74 Å². The van der Waals surface area contributed by atoms with E-state index >= 15 is 0 Å². The molecule has 0 radical (unpaired) electrons. The van der Waals surface area contributed by atoms with E-state index in [2.05, 4.69) is 23.7 Å². The fourth-order valence-corrected chi connectivity index (χ4v) is 2.31. The van der Waals surface area contributed by atoms with Gasteiger partial charge in [0.05, 0.1) is 6.54 Å². The summed E-state index contributed by atoms with van der Waals surface area (Å²) in [7, 11) is 0. The van der Waals surface area contributed by atoms with Crippen LogP contribution in [0.15, 0.2) is 55.1 Å². The summed E-state index contributed by atoms with van der Waals surface area (Å²) in [5.41, 5.74) is 4.01. The number of carbonyl (C=O) groups is 1. The number of nitrogens with one attached hydrogen (secondary N) is 1. The van der Waals surface area contributed by atoms with E-state index in [1.54, 1.807) is 0 Å². The lowest BCUT2D eigenvalue weighted by Gasteiger charge is -2.07. The van der Waals surface area contributed by atoms with Gasteiger partial charge in [-0.15, -0.1) is 6.58 Å². The maximum atomic E-state index is 12.1. The summed E-state index contributed by atoms with van der Waals surface area (Å²) in [6.07, 6.45) is 2.60. The van der Waals surface area contributed by atoms with Gasteiger partial charge in [-0.1, -0.05) is 42.2 Å². The first-order valence-corrected chi connectivity index (χ1v) is 8.24. The Morgan fingerprint density at radius 3 is 2.72 bits per heavy atom. The number of benzene rings is 2. The third-order valence-corrected chi connectivity index (χ3v) is 3.87. The molecule has 0 saturated heterocycles. The lowest BCUT2D eigenvalue weighted by atomic mass is 10.1. The smallest absolute Gasteiger partial charge is 0.252 e. The molecule has 0 saturated carbocycles. The topological polar surface area (TPSA) is 38.3 Å². The summed E-state index contributed by atoms with van der Waals surface area (Å²) in [4.78, 5) is 12.1. The molecule has 0 fully saturated rings. The van der Waals surface area contributed by atoms with Gasteiger partial charge in [-0.05, 0) is 55.2 Å². The zero-order valence-electron chi connectivity index (χ0n) is 14.8. The number of rotatable bonds is 6. The first-order valence-electron chi connectivity index (χ1n) is 8.24. The Bertz CT molecular complexity index is 812. The van der Waals surface area contributed by atoms with Crippen molar-refractivity contribution >= 4 is 5.91 Å². The highest BCUT2D eigenvalue weighted by Gasteiger charge is 2.05. The number of hydrogen-bond donors (Lipinski definition) is 1.